The van der Waals surface area contributed by atoms with Gasteiger partial charge in [0.25, 0.3) is 0 Å². The van der Waals surface area contributed by atoms with E-state index in [2.05, 4.69) is 6.07 Å². The van der Waals surface area contributed by atoms with E-state index >= 15 is 0 Å². The van der Waals surface area contributed by atoms with Crippen molar-refractivity contribution in [3.05, 3.63) is 53.6 Å². The second kappa shape index (κ2) is 4.25. The summed E-state index contributed by atoms with van der Waals surface area (Å²) in [5.74, 6) is 1.60. The predicted octanol–water partition coefficient (Wildman–Crippen LogP) is 2.71. The van der Waals surface area contributed by atoms with Gasteiger partial charge in [0.15, 0.2) is 0 Å². The van der Waals surface area contributed by atoms with Gasteiger partial charge in [0.1, 0.15) is 11.5 Å². The average Bonchev–Trinajstić information content (AvgIpc) is 2.70. The summed E-state index contributed by atoms with van der Waals surface area (Å²) in [7, 11) is 1.85. The molecule has 0 aromatic heterocycles. The molecule has 0 saturated carbocycles. The first kappa shape index (κ1) is 12.3. The molecule has 2 aromatic carbocycles. The molecule has 0 bridgehead atoms. The molecule has 2 N–H and O–H groups in total. The molecule has 21 heavy (non-hydrogen) atoms. The molecule has 4 nitrogen and oxygen atoms in total. The van der Waals surface area contributed by atoms with Gasteiger partial charge in [0.05, 0.1) is 5.92 Å². The number of rotatable bonds is 0. The maximum atomic E-state index is 12.6. The molecule has 2 heterocycles. The molecule has 0 aliphatic carbocycles. The Morgan fingerprint density at radius 1 is 1.14 bits per heavy atom. The fourth-order valence-corrected chi connectivity index (χ4v) is 3.43. The van der Waals surface area contributed by atoms with Crippen molar-refractivity contribution in [1.29, 1.82) is 0 Å². The Hall–Kier alpha value is -2.49. The number of carbonyl (C=O) groups is 1. The summed E-state index contributed by atoms with van der Waals surface area (Å²) in [4.78, 5) is 14.4. The summed E-state index contributed by atoms with van der Waals surface area (Å²) < 4.78 is 6.05. The van der Waals surface area contributed by atoms with Gasteiger partial charge in [-0.1, -0.05) is 18.2 Å². The van der Waals surface area contributed by atoms with Gasteiger partial charge in [0, 0.05) is 36.3 Å². The summed E-state index contributed by atoms with van der Waals surface area (Å²) in [6, 6.07) is 13.5. The summed E-state index contributed by atoms with van der Waals surface area (Å²) >= 11 is 0. The van der Waals surface area contributed by atoms with E-state index in [-0.39, 0.29) is 17.7 Å². The first-order valence-corrected chi connectivity index (χ1v) is 7.06. The van der Waals surface area contributed by atoms with E-state index in [9.17, 15) is 4.79 Å². The zero-order valence-corrected chi connectivity index (χ0v) is 11.7. The Bertz CT molecular complexity index is 741. The Labute approximate surface area is 123 Å². The van der Waals surface area contributed by atoms with Gasteiger partial charge in [-0.15, -0.1) is 0 Å². The van der Waals surface area contributed by atoms with Crippen LogP contribution in [0.3, 0.4) is 0 Å². The molecule has 0 spiro atoms. The highest BCUT2D eigenvalue weighted by Crippen LogP contribution is 2.50. The third kappa shape index (κ3) is 1.72. The smallest absolute Gasteiger partial charge is 0.230 e. The lowest BCUT2D eigenvalue weighted by molar-refractivity contribution is -0.127. The van der Waals surface area contributed by atoms with E-state index in [1.807, 2.05) is 43.4 Å². The van der Waals surface area contributed by atoms with Crippen LogP contribution in [-0.4, -0.2) is 24.4 Å². The predicted molar refractivity (Wildman–Crippen MR) is 80.5 cm³/mol. The molecule has 2 aliphatic heterocycles. The summed E-state index contributed by atoms with van der Waals surface area (Å²) in [5, 5.41) is 0. The first-order chi connectivity index (χ1) is 10.1. The molecular weight excluding hydrogens is 264 g/mol. The Kier molecular flexibility index (Phi) is 2.48. The van der Waals surface area contributed by atoms with Gasteiger partial charge < -0.3 is 15.4 Å². The van der Waals surface area contributed by atoms with Crippen LogP contribution in [0.2, 0.25) is 0 Å². The molecule has 4 rings (SSSR count). The molecule has 2 aromatic rings. The van der Waals surface area contributed by atoms with E-state index < -0.39 is 0 Å². The minimum absolute atomic E-state index is 0.113. The number of likely N-dealkylation sites (tertiary alicyclic amines) is 1. The van der Waals surface area contributed by atoms with Gasteiger partial charge >= 0.3 is 0 Å². The largest absolute Gasteiger partial charge is 0.457 e. The van der Waals surface area contributed by atoms with Crippen molar-refractivity contribution < 1.29 is 9.53 Å². The number of carbonyl (C=O) groups excluding carboxylic acids is 1. The van der Waals surface area contributed by atoms with Crippen molar-refractivity contribution in [2.75, 3.05) is 19.3 Å². The SMILES string of the molecule is CN1C[C@H]2c3ccccc3Oc3ccc(N)cc3C2C1=O. The number of amides is 1. The highest BCUT2D eigenvalue weighted by atomic mass is 16.5. The minimum atomic E-state index is -0.211. The van der Waals surface area contributed by atoms with Gasteiger partial charge in [-0.3, -0.25) is 4.79 Å². The number of nitrogen functional groups attached to an aromatic ring is 1. The topological polar surface area (TPSA) is 55.6 Å². The fourth-order valence-electron chi connectivity index (χ4n) is 3.43. The van der Waals surface area contributed by atoms with Crippen molar-refractivity contribution in [2.24, 2.45) is 0 Å². The first-order valence-electron chi connectivity index (χ1n) is 7.06. The second-order valence-electron chi connectivity index (χ2n) is 5.74. The van der Waals surface area contributed by atoms with Gasteiger partial charge in [-0.2, -0.15) is 0 Å². The van der Waals surface area contributed by atoms with E-state index in [1.54, 1.807) is 4.90 Å². The molecule has 106 valence electrons. The van der Waals surface area contributed by atoms with E-state index in [4.69, 9.17) is 10.5 Å². The van der Waals surface area contributed by atoms with Crippen LogP contribution in [-0.2, 0) is 4.79 Å². The molecule has 1 fully saturated rings. The molecule has 1 amide bonds. The number of fused-ring (bicyclic) bond motifs is 5. The van der Waals surface area contributed by atoms with Crippen LogP contribution in [0.4, 0.5) is 5.69 Å². The minimum Gasteiger partial charge on any atom is -0.457 e. The molecule has 2 aliphatic rings. The lowest BCUT2D eigenvalue weighted by Gasteiger charge is -2.15. The number of benzene rings is 2. The second-order valence-corrected chi connectivity index (χ2v) is 5.74. The standard InChI is InChI=1S/C17H16N2O2/c1-19-9-13-11-4-2-3-5-14(11)21-15-7-6-10(18)8-12(15)16(13)17(19)20/h2-8,13,16H,9,18H2,1H3/t13-,16?/m0/s1. The van der Waals surface area contributed by atoms with Gasteiger partial charge in [-0.25, -0.2) is 0 Å². The molecule has 0 radical (unpaired) electrons. The monoisotopic (exact) mass is 280 g/mol. The molecular formula is C17H16N2O2. The van der Waals surface area contributed by atoms with Gasteiger partial charge in [-0.05, 0) is 24.3 Å². The Morgan fingerprint density at radius 2 is 1.90 bits per heavy atom. The number of para-hydroxylation sites is 1. The van der Waals surface area contributed by atoms with Crippen molar-refractivity contribution in [2.45, 2.75) is 11.8 Å². The van der Waals surface area contributed by atoms with Crippen molar-refractivity contribution in [3.8, 4) is 11.5 Å². The van der Waals surface area contributed by atoms with Crippen molar-refractivity contribution in [3.63, 3.8) is 0 Å². The number of ether oxygens (including phenoxy) is 1. The summed E-state index contributed by atoms with van der Waals surface area (Å²) in [6.45, 7) is 0.706. The number of anilines is 1. The number of nitrogens with two attached hydrogens (primary N) is 1. The molecule has 1 saturated heterocycles. The highest BCUT2D eigenvalue weighted by molar-refractivity contribution is 5.89. The van der Waals surface area contributed by atoms with Crippen LogP contribution in [0, 0.1) is 0 Å². The molecule has 1 unspecified atom stereocenters. The van der Waals surface area contributed by atoms with E-state index in [0.717, 1.165) is 22.6 Å². The van der Waals surface area contributed by atoms with E-state index in [0.29, 0.717) is 12.2 Å². The van der Waals surface area contributed by atoms with Crippen LogP contribution < -0.4 is 10.5 Å². The zero-order chi connectivity index (χ0) is 14.6. The average molecular weight is 280 g/mol. The van der Waals surface area contributed by atoms with E-state index in [1.165, 1.54) is 0 Å². The highest BCUT2D eigenvalue weighted by Gasteiger charge is 2.44. The third-order valence-electron chi connectivity index (χ3n) is 4.42. The van der Waals surface area contributed by atoms with Crippen LogP contribution in [0.1, 0.15) is 23.0 Å². The Balaban J connectivity index is 1.98. The maximum absolute atomic E-state index is 12.6. The Morgan fingerprint density at radius 3 is 2.76 bits per heavy atom. The quantitative estimate of drug-likeness (QED) is 0.755. The van der Waals surface area contributed by atoms with Crippen LogP contribution in [0.5, 0.6) is 11.5 Å². The number of likely N-dealkylation sites (N-methyl/N-ethyl adjacent to an activating group) is 1. The lowest BCUT2D eigenvalue weighted by atomic mass is 9.83. The third-order valence-corrected chi connectivity index (χ3v) is 4.42. The zero-order valence-electron chi connectivity index (χ0n) is 11.7. The van der Waals surface area contributed by atoms with Crippen LogP contribution in [0.25, 0.3) is 0 Å². The fraction of sp³-hybridized carbons (Fsp3) is 0.235. The lowest BCUT2D eigenvalue weighted by Crippen LogP contribution is -2.21. The molecule has 4 heteroatoms. The summed E-state index contributed by atoms with van der Waals surface area (Å²) in [6.07, 6.45) is 0. The van der Waals surface area contributed by atoms with Crippen molar-refractivity contribution >= 4 is 11.6 Å². The van der Waals surface area contributed by atoms with Crippen LogP contribution >= 0.6 is 0 Å². The van der Waals surface area contributed by atoms with Crippen LogP contribution in [0.15, 0.2) is 42.5 Å². The number of hydrogen-bond acceptors (Lipinski definition) is 3. The molecule has 2 atom stereocenters. The summed E-state index contributed by atoms with van der Waals surface area (Å²) in [5.41, 5.74) is 8.56. The normalized spacial score (nSPS) is 22.9. The maximum Gasteiger partial charge on any atom is 0.230 e. The number of nitrogens with zero attached hydrogens (tertiary/aromatic N) is 1. The van der Waals surface area contributed by atoms with Gasteiger partial charge in [0.2, 0.25) is 5.91 Å². The van der Waals surface area contributed by atoms with Crippen molar-refractivity contribution in [1.82, 2.24) is 4.90 Å². The number of hydrogen-bond donors (Lipinski definition) is 1.